The second-order valence-corrected chi connectivity index (χ2v) is 4.14. The Morgan fingerprint density at radius 1 is 1.44 bits per heavy atom. The monoisotopic (exact) mass is 269 g/mol. The Morgan fingerprint density at radius 2 is 2.11 bits per heavy atom. The van der Waals surface area contributed by atoms with Crippen molar-refractivity contribution in [1.82, 2.24) is 10.2 Å². The molecule has 0 radical (unpaired) electrons. The summed E-state index contributed by atoms with van der Waals surface area (Å²) in [6.07, 6.45) is 0. The molecule has 0 heterocycles. The van der Waals surface area contributed by atoms with Crippen LogP contribution in [0.4, 0.5) is 5.69 Å². The van der Waals surface area contributed by atoms with E-state index >= 15 is 0 Å². The molecular weight excluding hydrogens is 254 g/mol. The Bertz CT molecular complexity index is 463. The Kier molecular flexibility index (Phi) is 4.97. The van der Waals surface area contributed by atoms with Crippen LogP contribution in [0.15, 0.2) is 18.2 Å². The summed E-state index contributed by atoms with van der Waals surface area (Å²) in [5.41, 5.74) is 6.41. The molecule has 0 atom stereocenters. The molecule has 0 spiro atoms. The first-order valence-corrected chi connectivity index (χ1v) is 5.92. The molecule has 0 saturated carbocycles. The topological polar surface area (TPSA) is 75.4 Å². The predicted molar refractivity (Wildman–Crippen MR) is 71.5 cm³/mol. The minimum atomic E-state index is -0.246. The summed E-state index contributed by atoms with van der Waals surface area (Å²) in [5, 5.41) is 2.88. The van der Waals surface area contributed by atoms with Gasteiger partial charge in [-0.15, -0.1) is 0 Å². The highest BCUT2D eigenvalue weighted by molar-refractivity contribution is 6.33. The van der Waals surface area contributed by atoms with Gasteiger partial charge < -0.3 is 16.0 Å². The number of nitrogen functional groups attached to an aromatic ring is 1. The SMILES string of the molecule is CCN(CC(=O)NC)C(=O)c1ccc(Cl)c(N)c1. The van der Waals surface area contributed by atoms with E-state index in [2.05, 4.69) is 5.32 Å². The minimum absolute atomic E-state index is 0.0222. The van der Waals surface area contributed by atoms with E-state index in [-0.39, 0.29) is 18.4 Å². The summed E-state index contributed by atoms with van der Waals surface area (Å²) in [4.78, 5) is 24.9. The number of hydrogen-bond acceptors (Lipinski definition) is 3. The van der Waals surface area contributed by atoms with Crippen LogP contribution in [0.1, 0.15) is 17.3 Å². The number of anilines is 1. The van der Waals surface area contributed by atoms with Crippen LogP contribution in [0.5, 0.6) is 0 Å². The number of benzene rings is 1. The average Bonchev–Trinajstić information content (AvgIpc) is 2.38. The number of carbonyl (C=O) groups excluding carboxylic acids is 2. The molecule has 1 aromatic carbocycles. The number of carbonyl (C=O) groups is 2. The van der Waals surface area contributed by atoms with Crippen LogP contribution in [0.3, 0.4) is 0 Å². The molecule has 0 saturated heterocycles. The maximum absolute atomic E-state index is 12.1. The van der Waals surface area contributed by atoms with E-state index in [0.717, 1.165) is 0 Å². The third-order valence-corrected chi connectivity index (χ3v) is 2.87. The minimum Gasteiger partial charge on any atom is -0.398 e. The van der Waals surface area contributed by atoms with Crippen molar-refractivity contribution in [2.75, 3.05) is 25.9 Å². The molecule has 0 aliphatic carbocycles. The molecule has 0 unspecified atom stereocenters. The Balaban J connectivity index is 2.89. The fourth-order valence-electron chi connectivity index (χ4n) is 1.44. The fourth-order valence-corrected chi connectivity index (χ4v) is 1.56. The third-order valence-electron chi connectivity index (χ3n) is 2.53. The van der Waals surface area contributed by atoms with E-state index in [1.54, 1.807) is 19.1 Å². The largest absolute Gasteiger partial charge is 0.398 e. The predicted octanol–water partition coefficient (Wildman–Crippen LogP) is 1.13. The lowest BCUT2D eigenvalue weighted by Crippen LogP contribution is -2.39. The van der Waals surface area contributed by atoms with E-state index in [1.165, 1.54) is 18.0 Å². The van der Waals surface area contributed by atoms with Gasteiger partial charge in [0, 0.05) is 19.2 Å². The van der Waals surface area contributed by atoms with Gasteiger partial charge in [-0.3, -0.25) is 9.59 Å². The van der Waals surface area contributed by atoms with Crippen molar-refractivity contribution in [3.63, 3.8) is 0 Å². The van der Waals surface area contributed by atoms with Crippen molar-refractivity contribution < 1.29 is 9.59 Å². The lowest BCUT2D eigenvalue weighted by atomic mass is 10.1. The molecule has 5 nitrogen and oxygen atoms in total. The molecule has 98 valence electrons. The van der Waals surface area contributed by atoms with E-state index in [1.807, 2.05) is 0 Å². The standard InChI is InChI=1S/C12H16ClN3O2/c1-3-16(7-11(17)15-2)12(18)8-4-5-9(13)10(14)6-8/h4-6H,3,7,14H2,1-2H3,(H,15,17). The van der Waals surface area contributed by atoms with Crippen LogP contribution in [-0.4, -0.2) is 36.9 Å². The highest BCUT2D eigenvalue weighted by Gasteiger charge is 2.17. The van der Waals surface area contributed by atoms with Crippen LogP contribution in [-0.2, 0) is 4.79 Å². The zero-order chi connectivity index (χ0) is 13.7. The number of nitrogens with two attached hydrogens (primary N) is 1. The molecule has 1 aromatic rings. The van der Waals surface area contributed by atoms with Crippen LogP contribution < -0.4 is 11.1 Å². The number of nitrogens with zero attached hydrogens (tertiary/aromatic N) is 1. The first-order chi connectivity index (χ1) is 8.49. The molecule has 1 rings (SSSR count). The van der Waals surface area contributed by atoms with Crippen LogP contribution in [0, 0.1) is 0 Å². The highest BCUT2D eigenvalue weighted by Crippen LogP contribution is 2.20. The Morgan fingerprint density at radius 3 is 2.61 bits per heavy atom. The maximum Gasteiger partial charge on any atom is 0.254 e. The van der Waals surface area contributed by atoms with Gasteiger partial charge >= 0.3 is 0 Å². The molecule has 0 aromatic heterocycles. The summed E-state index contributed by atoms with van der Waals surface area (Å²) < 4.78 is 0. The van der Waals surface area contributed by atoms with Crippen molar-refractivity contribution >= 4 is 29.1 Å². The van der Waals surface area contributed by atoms with Gasteiger partial charge in [-0.25, -0.2) is 0 Å². The first-order valence-electron chi connectivity index (χ1n) is 5.54. The summed E-state index contributed by atoms with van der Waals surface area (Å²) >= 11 is 5.79. The number of nitrogens with one attached hydrogen (secondary N) is 1. The zero-order valence-electron chi connectivity index (χ0n) is 10.4. The molecule has 6 heteroatoms. The molecule has 0 fully saturated rings. The third kappa shape index (κ3) is 3.37. The van der Waals surface area contributed by atoms with Crippen molar-refractivity contribution in [2.45, 2.75) is 6.92 Å². The molecule has 2 amide bonds. The Labute approximate surface area is 111 Å². The first kappa shape index (κ1) is 14.3. The van der Waals surface area contributed by atoms with Crippen LogP contribution in [0.25, 0.3) is 0 Å². The van der Waals surface area contributed by atoms with Crippen molar-refractivity contribution in [3.05, 3.63) is 28.8 Å². The van der Waals surface area contributed by atoms with Gasteiger partial charge in [0.15, 0.2) is 0 Å². The second-order valence-electron chi connectivity index (χ2n) is 3.73. The summed E-state index contributed by atoms with van der Waals surface area (Å²) in [6, 6.07) is 4.67. The van der Waals surface area contributed by atoms with E-state index in [0.29, 0.717) is 22.8 Å². The number of hydrogen-bond donors (Lipinski definition) is 2. The van der Waals surface area contributed by atoms with Crippen molar-refractivity contribution in [3.8, 4) is 0 Å². The molecule has 18 heavy (non-hydrogen) atoms. The van der Waals surface area contributed by atoms with E-state index in [4.69, 9.17) is 17.3 Å². The number of likely N-dealkylation sites (N-methyl/N-ethyl adjacent to an activating group) is 2. The smallest absolute Gasteiger partial charge is 0.254 e. The maximum atomic E-state index is 12.1. The van der Waals surface area contributed by atoms with Gasteiger partial charge in [-0.2, -0.15) is 0 Å². The van der Waals surface area contributed by atoms with Crippen molar-refractivity contribution in [2.24, 2.45) is 0 Å². The molecule has 0 aliphatic heterocycles. The van der Waals surface area contributed by atoms with Gasteiger partial charge in [0.25, 0.3) is 5.91 Å². The summed E-state index contributed by atoms with van der Waals surface area (Å²) in [6.45, 7) is 2.27. The van der Waals surface area contributed by atoms with Gasteiger partial charge in [-0.05, 0) is 25.1 Å². The van der Waals surface area contributed by atoms with E-state index in [9.17, 15) is 9.59 Å². The zero-order valence-corrected chi connectivity index (χ0v) is 11.1. The number of amides is 2. The highest BCUT2D eigenvalue weighted by atomic mass is 35.5. The van der Waals surface area contributed by atoms with Gasteiger partial charge in [0.2, 0.25) is 5.91 Å². The van der Waals surface area contributed by atoms with Crippen LogP contribution in [0.2, 0.25) is 5.02 Å². The lowest BCUT2D eigenvalue weighted by Gasteiger charge is -2.20. The Hall–Kier alpha value is -1.75. The summed E-state index contributed by atoms with van der Waals surface area (Å²) in [5.74, 6) is -0.461. The molecule has 0 bridgehead atoms. The average molecular weight is 270 g/mol. The lowest BCUT2D eigenvalue weighted by molar-refractivity contribution is -0.121. The number of rotatable bonds is 4. The fraction of sp³-hybridized carbons (Fsp3) is 0.333. The van der Waals surface area contributed by atoms with E-state index < -0.39 is 0 Å². The molecule has 3 N–H and O–H groups in total. The summed E-state index contributed by atoms with van der Waals surface area (Å²) in [7, 11) is 1.53. The van der Waals surface area contributed by atoms with Gasteiger partial charge in [0.05, 0.1) is 17.3 Å². The molecule has 0 aliphatic rings. The van der Waals surface area contributed by atoms with Gasteiger partial charge in [-0.1, -0.05) is 11.6 Å². The quantitative estimate of drug-likeness (QED) is 0.805. The van der Waals surface area contributed by atoms with Crippen molar-refractivity contribution in [1.29, 1.82) is 0 Å². The van der Waals surface area contributed by atoms with Crippen LogP contribution >= 0.6 is 11.6 Å². The molecular formula is C12H16ClN3O2. The van der Waals surface area contributed by atoms with Gasteiger partial charge in [0.1, 0.15) is 0 Å². The normalized spacial score (nSPS) is 9.94. The number of halogens is 1. The second kappa shape index (κ2) is 6.26.